The Morgan fingerprint density at radius 3 is 2.17 bits per heavy atom. The lowest BCUT2D eigenvalue weighted by Gasteiger charge is -2.29. The second kappa shape index (κ2) is 10.6. The van der Waals surface area contributed by atoms with Gasteiger partial charge in [0.15, 0.2) is 5.11 Å². The zero-order valence-corrected chi connectivity index (χ0v) is 13.5. The fourth-order valence-corrected chi connectivity index (χ4v) is 2.00. The van der Waals surface area contributed by atoms with Gasteiger partial charge in [-0.2, -0.15) is 0 Å². The predicted octanol–water partition coefficient (Wildman–Crippen LogP) is 2.90. The summed E-state index contributed by atoms with van der Waals surface area (Å²) in [5.41, 5.74) is 0. The van der Waals surface area contributed by atoms with Gasteiger partial charge in [-0.05, 0) is 37.4 Å². The molecule has 0 saturated heterocycles. The van der Waals surface area contributed by atoms with Gasteiger partial charge in [-0.15, -0.1) is 0 Å². The molecule has 18 heavy (non-hydrogen) atoms. The number of hydrogen-bond acceptors (Lipinski definition) is 2. The standard InChI is InChI=1S/C14H30N2OS/c1-6-17-9-7-8-15-14(18)16(10-12(2)3)11-13(4)5/h12-13H,6-11H2,1-5H3,(H,15,18). The minimum absolute atomic E-state index is 0.631. The maximum Gasteiger partial charge on any atom is 0.168 e. The van der Waals surface area contributed by atoms with Crippen LogP contribution in [0, 0.1) is 11.8 Å². The van der Waals surface area contributed by atoms with Crippen LogP contribution in [0.2, 0.25) is 0 Å². The summed E-state index contributed by atoms with van der Waals surface area (Å²) in [6.07, 6.45) is 1.01. The number of nitrogens with one attached hydrogen (secondary N) is 1. The average Bonchev–Trinajstić information content (AvgIpc) is 2.26. The maximum absolute atomic E-state index is 5.46. The lowest BCUT2D eigenvalue weighted by molar-refractivity contribution is 0.145. The van der Waals surface area contributed by atoms with Crippen LogP contribution < -0.4 is 5.32 Å². The minimum atomic E-state index is 0.631. The normalized spacial score (nSPS) is 11.1. The molecule has 4 heteroatoms. The highest BCUT2D eigenvalue weighted by molar-refractivity contribution is 7.80. The summed E-state index contributed by atoms with van der Waals surface area (Å²) in [5.74, 6) is 1.26. The highest BCUT2D eigenvalue weighted by atomic mass is 32.1. The molecule has 0 bridgehead atoms. The van der Waals surface area contributed by atoms with Crippen LogP contribution in [0.1, 0.15) is 41.0 Å². The van der Waals surface area contributed by atoms with Gasteiger partial charge in [0.05, 0.1) is 0 Å². The molecule has 3 nitrogen and oxygen atoms in total. The highest BCUT2D eigenvalue weighted by Crippen LogP contribution is 2.04. The van der Waals surface area contributed by atoms with Crippen molar-refractivity contribution < 1.29 is 4.74 Å². The monoisotopic (exact) mass is 274 g/mol. The van der Waals surface area contributed by atoms with E-state index in [0.29, 0.717) is 11.8 Å². The van der Waals surface area contributed by atoms with Crippen molar-refractivity contribution >= 4 is 17.3 Å². The Hall–Kier alpha value is -0.350. The second-order valence-corrected chi connectivity index (χ2v) is 5.86. The summed E-state index contributed by atoms with van der Waals surface area (Å²) in [6.45, 7) is 15.5. The summed E-state index contributed by atoms with van der Waals surface area (Å²) >= 11 is 5.46. The Balaban J connectivity index is 3.96. The van der Waals surface area contributed by atoms with Crippen LogP contribution in [0.25, 0.3) is 0 Å². The second-order valence-electron chi connectivity index (χ2n) is 5.48. The van der Waals surface area contributed by atoms with Crippen molar-refractivity contribution in [3.63, 3.8) is 0 Å². The Bertz CT molecular complexity index is 210. The van der Waals surface area contributed by atoms with E-state index in [9.17, 15) is 0 Å². The van der Waals surface area contributed by atoms with Gasteiger partial charge in [0.25, 0.3) is 0 Å². The largest absolute Gasteiger partial charge is 0.382 e. The molecule has 108 valence electrons. The van der Waals surface area contributed by atoms with E-state index in [0.717, 1.165) is 44.4 Å². The first-order valence-electron chi connectivity index (χ1n) is 7.07. The molecule has 0 atom stereocenters. The molecule has 0 aromatic heterocycles. The van der Waals surface area contributed by atoms with Crippen molar-refractivity contribution in [1.82, 2.24) is 10.2 Å². The zero-order valence-electron chi connectivity index (χ0n) is 12.7. The Labute approximate surface area is 118 Å². The number of nitrogens with zero attached hydrogens (tertiary/aromatic N) is 1. The molecular formula is C14H30N2OS. The van der Waals surface area contributed by atoms with Gasteiger partial charge in [0.2, 0.25) is 0 Å². The van der Waals surface area contributed by atoms with Crippen LogP contribution in [-0.4, -0.2) is 42.9 Å². The molecule has 0 aromatic carbocycles. The summed E-state index contributed by atoms with van der Waals surface area (Å²) < 4.78 is 5.31. The molecule has 0 aromatic rings. The first-order valence-corrected chi connectivity index (χ1v) is 7.48. The predicted molar refractivity (Wildman–Crippen MR) is 83.0 cm³/mol. The maximum atomic E-state index is 5.46. The Morgan fingerprint density at radius 1 is 1.17 bits per heavy atom. The molecule has 0 fully saturated rings. The SMILES string of the molecule is CCOCCCNC(=S)N(CC(C)C)CC(C)C. The average molecular weight is 274 g/mol. The molecule has 0 aliphatic rings. The first kappa shape index (κ1) is 17.6. The zero-order chi connectivity index (χ0) is 14.0. The van der Waals surface area contributed by atoms with E-state index in [2.05, 4.69) is 37.9 Å². The smallest absolute Gasteiger partial charge is 0.168 e. The van der Waals surface area contributed by atoms with Crippen LogP contribution in [0.15, 0.2) is 0 Å². The van der Waals surface area contributed by atoms with Gasteiger partial charge in [-0.3, -0.25) is 0 Å². The molecule has 0 aliphatic carbocycles. The summed E-state index contributed by atoms with van der Waals surface area (Å²) in [7, 11) is 0. The summed E-state index contributed by atoms with van der Waals surface area (Å²) in [4.78, 5) is 2.28. The Morgan fingerprint density at radius 2 is 1.72 bits per heavy atom. The Kier molecular flexibility index (Phi) is 10.4. The van der Waals surface area contributed by atoms with E-state index in [1.54, 1.807) is 0 Å². The van der Waals surface area contributed by atoms with Crippen molar-refractivity contribution in [3.8, 4) is 0 Å². The van der Waals surface area contributed by atoms with Crippen molar-refractivity contribution in [2.75, 3.05) is 32.8 Å². The molecule has 0 saturated carbocycles. The number of thiocarbonyl (C=S) groups is 1. The molecule has 0 spiro atoms. The molecule has 0 unspecified atom stereocenters. The minimum Gasteiger partial charge on any atom is -0.382 e. The van der Waals surface area contributed by atoms with Gasteiger partial charge < -0.3 is 15.0 Å². The van der Waals surface area contributed by atoms with Crippen molar-refractivity contribution in [2.45, 2.75) is 41.0 Å². The van der Waals surface area contributed by atoms with Crippen LogP contribution in [-0.2, 0) is 4.74 Å². The fourth-order valence-electron chi connectivity index (χ4n) is 1.75. The van der Waals surface area contributed by atoms with Gasteiger partial charge >= 0.3 is 0 Å². The van der Waals surface area contributed by atoms with E-state index >= 15 is 0 Å². The number of ether oxygens (including phenoxy) is 1. The van der Waals surface area contributed by atoms with Crippen LogP contribution in [0.5, 0.6) is 0 Å². The molecule has 0 rings (SSSR count). The van der Waals surface area contributed by atoms with Crippen molar-refractivity contribution in [2.24, 2.45) is 11.8 Å². The highest BCUT2D eigenvalue weighted by Gasteiger charge is 2.12. The molecule has 0 radical (unpaired) electrons. The fraction of sp³-hybridized carbons (Fsp3) is 0.929. The van der Waals surface area contributed by atoms with E-state index in [-0.39, 0.29) is 0 Å². The topological polar surface area (TPSA) is 24.5 Å². The lowest BCUT2D eigenvalue weighted by atomic mass is 10.1. The van der Waals surface area contributed by atoms with Gasteiger partial charge in [-0.25, -0.2) is 0 Å². The van der Waals surface area contributed by atoms with Crippen LogP contribution in [0.4, 0.5) is 0 Å². The molecule has 0 amide bonds. The number of hydrogen-bond donors (Lipinski definition) is 1. The summed E-state index contributed by atoms with van der Waals surface area (Å²) in [5, 5.41) is 4.21. The van der Waals surface area contributed by atoms with E-state index in [1.807, 2.05) is 6.92 Å². The van der Waals surface area contributed by atoms with Gasteiger partial charge in [0, 0.05) is 32.8 Å². The van der Waals surface area contributed by atoms with Crippen LogP contribution >= 0.6 is 12.2 Å². The van der Waals surface area contributed by atoms with Crippen LogP contribution in [0.3, 0.4) is 0 Å². The van der Waals surface area contributed by atoms with E-state index in [1.165, 1.54) is 0 Å². The molecule has 1 N–H and O–H groups in total. The van der Waals surface area contributed by atoms with E-state index in [4.69, 9.17) is 17.0 Å². The summed E-state index contributed by atoms with van der Waals surface area (Å²) in [6, 6.07) is 0. The van der Waals surface area contributed by atoms with Gasteiger partial charge in [0.1, 0.15) is 0 Å². The molecular weight excluding hydrogens is 244 g/mol. The van der Waals surface area contributed by atoms with Crippen molar-refractivity contribution in [1.29, 1.82) is 0 Å². The third-order valence-electron chi connectivity index (χ3n) is 2.40. The lowest BCUT2D eigenvalue weighted by Crippen LogP contribution is -2.43. The quantitative estimate of drug-likeness (QED) is 0.516. The van der Waals surface area contributed by atoms with E-state index < -0.39 is 0 Å². The van der Waals surface area contributed by atoms with Crippen molar-refractivity contribution in [3.05, 3.63) is 0 Å². The molecule has 0 heterocycles. The van der Waals surface area contributed by atoms with Gasteiger partial charge in [-0.1, -0.05) is 27.7 Å². The third-order valence-corrected chi connectivity index (χ3v) is 2.81. The number of rotatable bonds is 9. The third kappa shape index (κ3) is 9.66. The molecule has 0 aliphatic heterocycles. The first-order chi connectivity index (χ1) is 8.47.